The zero-order chi connectivity index (χ0) is 20.8. The molecule has 27 heavy (non-hydrogen) atoms. The summed E-state index contributed by atoms with van der Waals surface area (Å²) in [7, 11) is 4.11. The Labute approximate surface area is 166 Å². The molecule has 0 unspecified atom stereocenters. The lowest BCUT2D eigenvalue weighted by Crippen LogP contribution is -2.45. The second-order valence-electron chi connectivity index (χ2n) is 10.2. The molecule has 0 bridgehead atoms. The number of carbonyl (C=O) groups excluding carboxylic acids is 2. The van der Waals surface area contributed by atoms with Crippen LogP contribution in [-0.2, 0) is 9.53 Å². The Balaban J connectivity index is 2.42. The summed E-state index contributed by atoms with van der Waals surface area (Å²) in [6, 6.07) is 0.161. The molecule has 0 radical (unpaired) electrons. The summed E-state index contributed by atoms with van der Waals surface area (Å²) in [6.07, 6.45) is 2.97. The molecule has 1 N–H and O–H groups in total. The van der Waals surface area contributed by atoms with E-state index in [0.717, 1.165) is 25.8 Å². The lowest BCUT2D eigenvalue weighted by Gasteiger charge is -2.32. The van der Waals surface area contributed by atoms with E-state index in [2.05, 4.69) is 45.1 Å². The first-order valence-corrected chi connectivity index (χ1v) is 10.2. The van der Waals surface area contributed by atoms with Gasteiger partial charge < -0.3 is 19.9 Å². The van der Waals surface area contributed by atoms with Gasteiger partial charge in [-0.1, -0.05) is 20.8 Å². The van der Waals surface area contributed by atoms with Gasteiger partial charge in [0.1, 0.15) is 5.60 Å². The fourth-order valence-electron chi connectivity index (χ4n) is 3.27. The minimum atomic E-state index is -0.469. The Morgan fingerprint density at radius 2 is 1.81 bits per heavy atom. The summed E-state index contributed by atoms with van der Waals surface area (Å²) in [4.78, 5) is 28.5. The van der Waals surface area contributed by atoms with Crippen LogP contribution in [-0.4, -0.2) is 67.2 Å². The molecule has 2 atom stereocenters. The highest BCUT2D eigenvalue weighted by Gasteiger charge is 2.30. The highest BCUT2D eigenvalue weighted by atomic mass is 16.6. The monoisotopic (exact) mass is 383 g/mol. The fourth-order valence-corrected chi connectivity index (χ4v) is 3.27. The Kier molecular flexibility index (Phi) is 8.58. The first kappa shape index (κ1) is 23.7. The van der Waals surface area contributed by atoms with Crippen LogP contribution in [0.2, 0.25) is 0 Å². The second kappa shape index (κ2) is 9.76. The highest BCUT2D eigenvalue weighted by molar-refractivity contribution is 5.76. The van der Waals surface area contributed by atoms with Crippen LogP contribution in [0.3, 0.4) is 0 Å². The van der Waals surface area contributed by atoms with Gasteiger partial charge in [-0.15, -0.1) is 0 Å². The van der Waals surface area contributed by atoms with Crippen LogP contribution >= 0.6 is 0 Å². The highest BCUT2D eigenvalue weighted by Crippen LogP contribution is 2.25. The van der Waals surface area contributed by atoms with Gasteiger partial charge in [-0.25, -0.2) is 4.79 Å². The lowest BCUT2D eigenvalue weighted by atomic mass is 9.84. The van der Waals surface area contributed by atoms with E-state index in [4.69, 9.17) is 4.74 Å². The standard InChI is InChI=1S/C21H41N3O3/c1-20(2,3)17(12-13-23(7)8)22-18(25)10-9-16-11-14-24(15-16)19(26)27-21(4,5)6/h16-17H,9-15H2,1-8H3,(H,22,25)/t16-,17+/m0/s1. The maximum absolute atomic E-state index is 12.5. The Morgan fingerprint density at radius 1 is 1.19 bits per heavy atom. The van der Waals surface area contributed by atoms with Crippen molar-refractivity contribution in [1.82, 2.24) is 15.1 Å². The summed E-state index contributed by atoms with van der Waals surface area (Å²) in [6.45, 7) is 14.5. The molecule has 0 aromatic carbocycles. The van der Waals surface area contributed by atoms with E-state index >= 15 is 0 Å². The summed E-state index contributed by atoms with van der Waals surface area (Å²) in [5.74, 6) is 0.488. The number of likely N-dealkylation sites (tertiary alicyclic amines) is 1. The van der Waals surface area contributed by atoms with Gasteiger partial charge in [0, 0.05) is 25.6 Å². The van der Waals surface area contributed by atoms with Crippen molar-refractivity contribution in [2.24, 2.45) is 11.3 Å². The Hall–Kier alpha value is -1.30. The molecule has 2 amide bonds. The van der Waals surface area contributed by atoms with Gasteiger partial charge in [0.15, 0.2) is 0 Å². The molecule has 1 aliphatic heterocycles. The van der Waals surface area contributed by atoms with Crippen LogP contribution in [0.4, 0.5) is 4.79 Å². The smallest absolute Gasteiger partial charge is 0.410 e. The molecule has 158 valence electrons. The third kappa shape index (κ3) is 9.45. The fraction of sp³-hybridized carbons (Fsp3) is 0.905. The number of carbonyl (C=O) groups is 2. The first-order valence-electron chi connectivity index (χ1n) is 10.2. The van der Waals surface area contributed by atoms with Crippen LogP contribution < -0.4 is 5.32 Å². The van der Waals surface area contributed by atoms with Crippen molar-refractivity contribution in [2.75, 3.05) is 33.7 Å². The third-order valence-corrected chi connectivity index (χ3v) is 4.96. The molecule has 0 aliphatic carbocycles. The van der Waals surface area contributed by atoms with Crippen LogP contribution in [0.1, 0.15) is 67.2 Å². The zero-order valence-electron chi connectivity index (χ0n) is 18.7. The maximum Gasteiger partial charge on any atom is 0.410 e. The molecule has 0 aromatic heterocycles. The molecule has 1 rings (SSSR count). The molecule has 1 heterocycles. The van der Waals surface area contributed by atoms with Gasteiger partial charge in [0.25, 0.3) is 0 Å². The summed E-state index contributed by atoms with van der Waals surface area (Å²) < 4.78 is 5.44. The number of nitrogens with zero attached hydrogens (tertiary/aromatic N) is 2. The number of amides is 2. The SMILES string of the molecule is CN(C)CC[C@@H](NC(=O)CC[C@H]1CCN(C(=O)OC(C)(C)C)C1)C(C)(C)C. The van der Waals surface area contributed by atoms with Crippen molar-refractivity contribution in [3.63, 3.8) is 0 Å². The largest absolute Gasteiger partial charge is 0.444 e. The molecule has 1 aliphatic rings. The Morgan fingerprint density at radius 3 is 2.33 bits per heavy atom. The van der Waals surface area contributed by atoms with Gasteiger partial charge in [0.2, 0.25) is 5.91 Å². The van der Waals surface area contributed by atoms with E-state index in [0.29, 0.717) is 25.4 Å². The summed E-state index contributed by atoms with van der Waals surface area (Å²) in [5.41, 5.74) is -0.434. The number of nitrogens with one attached hydrogen (secondary N) is 1. The van der Waals surface area contributed by atoms with E-state index in [-0.39, 0.29) is 23.5 Å². The van der Waals surface area contributed by atoms with Gasteiger partial charge in [0.05, 0.1) is 0 Å². The molecule has 0 saturated carbocycles. The van der Waals surface area contributed by atoms with Gasteiger partial charge in [-0.05, 0) is 72.0 Å². The summed E-state index contributed by atoms with van der Waals surface area (Å²) in [5, 5.41) is 3.23. The number of hydrogen-bond donors (Lipinski definition) is 1. The van der Waals surface area contributed by atoms with Gasteiger partial charge >= 0.3 is 6.09 Å². The van der Waals surface area contributed by atoms with Crippen molar-refractivity contribution in [2.45, 2.75) is 78.9 Å². The topological polar surface area (TPSA) is 61.9 Å². The molecule has 1 saturated heterocycles. The average molecular weight is 384 g/mol. The first-order chi connectivity index (χ1) is 12.3. The molecule has 6 heteroatoms. The predicted molar refractivity (Wildman–Crippen MR) is 110 cm³/mol. The van der Waals surface area contributed by atoms with E-state index in [1.165, 1.54) is 0 Å². The molecule has 0 aromatic rings. The van der Waals surface area contributed by atoms with Crippen molar-refractivity contribution in [1.29, 1.82) is 0 Å². The van der Waals surface area contributed by atoms with Crippen LogP contribution in [0.25, 0.3) is 0 Å². The van der Waals surface area contributed by atoms with Crippen LogP contribution in [0.5, 0.6) is 0 Å². The number of rotatable bonds is 7. The lowest BCUT2D eigenvalue weighted by molar-refractivity contribution is -0.122. The number of hydrogen-bond acceptors (Lipinski definition) is 4. The maximum atomic E-state index is 12.5. The van der Waals surface area contributed by atoms with Crippen molar-refractivity contribution in [3.8, 4) is 0 Å². The molecular formula is C21H41N3O3. The predicted octanol–water partition coefficient (Wildman–Crippen LogP) is 3.51. The van der Waals surface area contributed by atoms with Crippen LogP contribution in [0.15, 0.2) is 0 Å². The average Bonchev–Trinajstić information content (AvgIpc) is 2.95. The molecular weight excluding hydrogens is 342 g/mol. The van der Waals surface area contributed by atoms with Crippen molar-refractivity contribution >= 4 is 12.0 Å². The minimum Gasteiger partial charge on any atom is -0.444 e. The van der Waals surface area contributed by atoms with Crippen molar-refractivity contribution in [3.05, 3.63) is 0 Å². The zero-order valence-corrected chi connectivity index (χ0v) is 18.7. The normalized spacial score (nSPS) is 19.3. The van der Waals surface area contributed by atoms with E-state index in [1.807, 2.05) is 20.8 Å². The summed E-state index contributed by atoms with van der Waals surface area (Å²) >= 11 is 0. The Bertz CT molecular complexity index is 492. The van der Waals surface area contributed by atoms with E-state index in [9.17, 15) is 9.59 Å². The minimum absolute atomic E-state index is 0.0343. The van der Waals surface area contributed by atoms with Gasteiger partial charge in [-0.2, -0.15) is 0 Å². The van der Waals surface area contributed by atoms with Gasteiger partial charge in [-0.3, -0.25) is 4.79 Å². The second-order valence-corrected chi connectivity index (χ2v) is 10.2. The molecule has 0 spiro atoms. The quantitative estimate of drug-likeness (QED) is 0.731. The number of ether oxygens (including phenoxy) is 1. The van der Waals surface area contributed by atoms with Crippen molar-refractivity contribution < 1.29 is 14.3 Å². The van der Waals surface area contributed by atoms with E-state index in [1.54, 1.807) is 4.90 Å². The molecule has 1 fully saturated rings. The third-order valence-electron chi connectivity index (χ3n) is 4.96. The van der Waals surface area contributed by atoms with Crippen LogP contribution in [0, 0.1) is 11.3 Å². The van der Waals surface area contributed by atoms with E-state index < -0.39 is 5.60 Å². The molecule has 6 nitrogen and oxygen atoms in total.